The van der Waals surface area contributed by atoms with E-state index in [4.69, 9.17) is 14.6 Å². The van der Waals surface area contributed by atoms with Crippen LogP contribution in [0.3, 0.4) is 0 Å². The maximum atomic E-state index is 12.4. The molecule has 1 saturated heterocycles. The molecule has 1 heterocycles. The van der Waals surface area contributed by atoms with Crippen molar-refractivity contribution >= 4 is 11.9 Å². The Morgan fingerprint density at radius 1 is 1.39 bits per heavy atom. The van der Waals surface area contributed by atoms with E-state index < -0.39 is 49.4 Å². The fourth-order valence-electron chi connectivity index (χ4n) is 3.40. The molecule has 1 aliphatic carbocycles. The lowest BCUT2D eigenvalue weighted by Crippen LogP contribution is -2.35. The van der Waals surface area contributed by atoms with Gasteiger partial charge < -0.3 is 19.7 Å². The van der Waals surface area contributed by atoms with Crippen molar-refractivity contribution in [2.75, 3.05) is 13.2 Å². The summed E-state index contributed by atoms with van der Waals surface area (Å²) >= 11 is 0. The number of hydrogen-bond donors (Lipinski definition) is 3. The molecule has 0 aromatic carbocycles. The summed E-state index contributed by atoms with van der Waals surface area (Å²) < 4.78 is 11.0. The molecule has 0 spiro atoms. The lowest BCUT2D eigenvalue weighted by atomic mass is 9.84. The average molecular weight is 394 g/mol. The Morgan fingerprint density at radius 3 is 2.71 bits per heavy atom. The van der Waals surface area contributed by atoms with Crippen LogP contribution in [0.2, 0.25) is 0 Å². The summed E-state index contributed by atoms with van der Waals surface area (Å²) in [6, 6.07) is 0. The summed E-state index contributed by atoms with van der Waals surface area (Å²) in [6.07, 6.45) is 1.85. The largest absolute Gasteiger partial charge is 0.458 e. The summed E-state index contributed by atoms with van der Waals surface area (Å²) in [7, 11) is 0. The number of aliphatic hydroxyl groups excluding tert-OH is 2. The third-order valence-electron chi connectivity index (χ3n) is 4.99. The van der Waals surface area contributed by atoms with E-state index in [0.29, 0.717) is 18.4 Å². The fourth-order valence-corrected chi connectivity index (χ4v) is 3.40. The van der Waals surface area contributed by atoms with E-state index in [-0.39, 0.29) is 17.6 Å². The van der Waals surface area contributed by atoms with E-state index in [1.807, 2.05) is 6.92 Å². The molecule has 2 rings (SSSR count). The van der Waals surface area contributed by atoms with Gasteiger partial charge in [-0.25, -0.2) is 14.5 Å². The van der Waals surface area contributed by atoms with Crippen molar-refractivity contribution in [1.29, 1.82) is 0 Å². The molecule has 28 heavy (non-hydrogen) atoms. The minimum Gasteiger partial charge on any atom is -0.458 e. The Kier molecular flexibility index (Phi) is 7.70. The van der Waals surface area contributed by atoms with Crippen LogP contribution in [0, 0.1) is 5.92 Å². The van der Waals surface area contributed by atoms with Gasteiger partial charge in [-0.15, -0.1) is 0 Å². The molecule has 1 fully saturated rings. The van der Waals surface area contributed by atoms with Crippen LogP contribution >= 0.6 is 0 Å². The van der Waals surface area contributed by atoms with Gasteiger partial charge in [0.1, 0.15) is 18.3 Å². The van der Waals surface area contributed by atoms with E-state index >= 15 is 0 Å². The lowest BCUT2D eigenvalue weighted by Gasteiger charge is -2.29. The van der Waals surface area contributed by atoms with Crippen LogP contribution in [0.25, 0.3) is 0 Å². The summed E-state index contributed by atoms with van der Waals surface area (Å²) in [4.78, 5) is 29.1. The van der Waals surface area contributed by atoms with Crippen LogP contribution in [0.5, 0.6) is 0 Å². The van der Waals surface area contributed by atoms with Gasteiger partial charge in [-0.3, -0.25) is 5.26 Å². The smallest absolute Gasteiger partial charge is 0.336 e. The van der Waals surface area contributed by atoms with Crippen molar-refractivity contribution in [2.24, 2.45) is 5.92 Å². The number of aliphatic hydroxyl groups is 2. The molecule has 0 radical (unpaired) electrons. The number of allylic oxidation sites excluding steroid dienone is 1. The Morgan fingerprint density at radius 2 is 2.11 bits per heavy atom. The quantitative estimate of drug-likeness (QED) is 0.211. The van der Waals surface area contributed by atoms with E-state index in [1.165, 1.54) is 0 Å². The highest BCUT2D eigenvalue weighted by atomic mass is 17.1. The van der Waals surface area contributed by atoms with Gasteiger partial charge in [0.05, 0.1) is 24.7 Å². The second-order valence-electron chi connectivity index (χ2n) is 6.94. The molecule has 1 aliphatic heterocycles. The van der Waals surface area contributed by atoms with Gasteiger partial charge in [-0.2, -0.15) is 0 Å². The van der Waals surface area contributed by atoms with E-state index in [0.717, 1.165) is 11.6 Å². The number of fused-ring (bicyclic) bond motifs is 1. The Labute approximate surface area is 163 Å². The summed E-state index contributed by atoms with van der Waals surface area (Å²) in [5, 5.41) is 27.5. The van der Waals surface area contributed by atoms with Gasteiger partial charge in [-0.05, 0) is 37.5 Å². The first kappa shape index (κ1) is 22.0. The topological polar surface area (TPSA) is 123 Å². The maximum Gasteiger partial charge on any atom is 0.336 e. The molecule has 0 aromatic rings. The first-order valence-corrected chi connectivity index (χ1v) is 8.99. The maximum absolute atomic E-state index is 12.4. The van der Waals surface area contributed by atoms with Crippen LogP contribution < -0.4 is 0 Å². The Balaban J connectivity index is 2.41. The highest BCUT2D eigenvalue weighted by Crippen LogP contribution is 2.37. The number of ether oxygens (including phenoxy) is 2. The monoisotopic (exact) mass is 394 g/mol. The SMILES string of the molecule is C=C1CC(OC(=O)C(=CCO)CO)C2C(=C)C(=O)OC2C=C(C)CCC1OO. The van der Waals surface area contributed by atoms with Gasteiger partial charge in [0.25, 0.3) is 0 Å². The minimum absolute atomic E-state index is 0.0957. The van der Waals surface area contributed by atoms with Crippen LogP contribution in [-0.4, -0.2) is 58.9 Å². The second kappa shape index (κ2) is 9.79. The summed E-state index contributed by atoms with van der Waals surface area (Å²) in [5.74, 6) is -2.07. The number of carbonyl (C=O) groups excluding carboxylic acids is 2. The van der Waals surface area contributed by atoms with Crippen molar-refractivity contribution in [3.05, 3.63) is 47.6 Å². The van der Waals surface area contributed by atoms with Crippen molar-refractivity contribution < 1.29 is 39.4 Å². The van der Waals surface area contributed by atoms with Crippen molar-refractivity contribution in [1.82, 2.24) is 0 Å². The molecule has 0 bridgehead atoms. The molecule has 8 nitrogen and oxygen atoms in total. The third-order valence-corrected chi connectivity index (χ3v) is 4.99. The Hall–Kier alpha value is -2.26. The van der Waals surface area contributed by atoms with Gasteiger partial charge in [0, 0.05) is 12.0 Å². The van der Waals surface area contributed by atoms with E-state index in [9.17, 15) is 20.0 Å². The normalized spacial score (nSPS) is 29.1. The molecule has 0 aromatic heterocycles. The number of rotatable bonds is 5. The van der Waals surface area contributed by atoms with Gasteiger partial charge in [0.2, 0.25) is 0 Å². The average Bonchev–Trinajstić information content (AvgIpc) is 2.92. The molecule has 0 amide bonds. The zero-order valence-electron chi connectivity index (χ0n) is 15.8. The highest BCUT2D eigenvalue weighted by molar-refractivity contribution is 5.92. The summed E-state index contributed by atoms with van der Waals surface area (Å²) in [5.41, 5.74) is 1.45. The number of hydrogen-bond acceptors (Lipinski definition) is 8. The molecule has 3 N–H and O–H groups in total. The van der Waals surface area contributed by atoms with Crippen molar-refractivity contribution in [3.63, 3.8) is 0 Å². The molecular weight excluding hydrogens is 368 g/mol. The first-order valence-electron chi connectivity index (χ1n) is 8.99. The zero-order valence-corrected chi connectivity index (χ0v) is 15.8. The zero-order chi connectivity index (χ0) is 20.8. The highest BCUT2D eigenvalue weighted by Gasteiger charge is 2.45. The van der Waals surface area contributed by atoms with E-state index in [2.05, 4.69) is 18.0 Å². The predicted octanol–water partition coefficient (Wildman–Crippen LogP) is 1.45. The molecule has 154 valence electrons. The fraction of sp³-hybridized carbons (Fsp3) is 0.500. The molecule has 2 aliphatic rings. The molecular formula is C20H26O8. The van der Waals surface area contributed by atoms with Gasteiger partial charge >= 0.3 is 11.9 Å². The molecule has 4 atom stereocenters. The first-order chi connectivity index (χ1) is 13.3. The standard InChI is InChI=1S/C20H26O8/c1-11-4-5-15(28-25)12(2)9-17(27-20(24)14(10-22)6-7-21)18-13(3)19(23)26-16(18)8-11/h6,8,15-18,21-22,25H,2-5,7,9-10H2,1H3. The minimum atomic E-state index is -0.891. The van der Waals surface area contributed by atoms with Crippen LogP contribution in [0.15, 0.2) is 47.6 Å². The van der Waals surface area contributed by atoms with Crippen molar-refractivity contribution in [2.45, 2.75) is 44.5 Å². The van der Waals surface area contributed by atoms with Gasteiger partial charge in [0.15, 0.2) is 0 Å². The van der Waals surface area contributed by atoms with Crippen LogP contribution in [0.1, 0.15) is 26.2 Å². The lowest BCUT2D eigenvalue weighted by molar-refractivity contribution is -0.270. The predicted molar refractivity (Wildman–Crippen MR) is 98.9 cm³/mol. The van der Waals surface area contributed by atoms with Crippen LogP contribution in [0.4, 0.5) is 0 Å². The van der Waals surface area contributed by atoms with E-state index in [1.54, 1.807) is 6.08 Å². The number of esters is 2. The molecule has 4 unspecified atom stereocenters. The number of carbonyl (C=O) groups is 2. The summed E-state index contributed by atoms with van der Waals surface area (Å²) in [6.45, 7) is 8.52. The second-order valence-corrected chi connectivity index (χ2v) is 6.94. The van der Waals surface area contributed by atoms with Crippen molar-refractivity contribution in [3.8, 4) is 0 Å². The molecule has 0 saturated carbocycles. The van der Waals surface area contributed by atoms with Gasteiger partial charge in [-0.1, -0.05) is 18.7 Å². The molecule has 8 heteroatoms. The van der Waals surface area contributed by atoms with Crippen LogP contribution in [-0.2, 0) is 24.0 Å². The Bertz CT molecular complexity index is 705. The third kappa shape index (κ3) is 4.96.